The number of aromatic nitrogens is 3. The molecule has 0 aliphatic carbocycles. The molecule has 7 nitrogen and oxygen atoms in total. The lowest BCUT2D eigenvalue weighted by Crippen LogP contribution is -2.22. The predicted octanol–water partition coefficient (Wildman–Crippen LogP) is 3.11. The van der Waals surface area contributed by atoms with Gasteiger partial charge in [-0.15, -0.1) is 0 Å². The van der Waals surface area contributed by atoms with Gasteiger partial charge in [-0.1, -0.05) is 12.1 Å². The number of anilines is 1. The maximum atomic E-state index is 12.3. The Hall–Kier alpha value is -3.74. The van der Waals surface area contributed by atoms with Crippen molar-refractivity contribution >= 4 is 23.6 Å². The Morgan fingerprint density at radius 1 is 1.17 bits per heavy atom. The van der Waals surface area contributed by atoms with E-state index in [0.29, 0.717) is 12.2 Å². The van der Waals surface area contributed by atoms with Crippen LogP contribution in [0, 0.1) is 0 Å². The first kappa shape index (κ1) is 20.0. The molecule has 29 heavy (non-hydrogen) atoms. The molecule has 148 valence electrons. The molecule has 7 heteroatoms. The molecular weight excluding hydrogens is 366 g/mol. The van der Waals surface area contributed by atoms with E-state index in [9.17, 15) is 9.59 Å². The lowest BCUT2D eigenvalue weighted by Gasteiger charge is -2.14. The Bertz CT molecular complexity index is 1040. The van der Waals surface area contributed by atoms with Crippen molar-refractivity contribution in [3.05, 3.63) is 72.3 Å². The third-order valence-electron chi connectivity index (χ3n) is 4.46. The van der Waals surface area contributed by atoms with Crippen molar-refractivity contribution in [2.45, 2.75) is 13.5 Å². The monoisotopic (exact) mass is 389 g/mol. The van der Waals surface area contributed by atoms with Crippen LogP contribution in [-0.4, -0.2) is 38.5 Å². The van der Waals surface area contributed by atoms with Crippen molar-refractivity contribution in [1.82, 2.24) is 19.7 Å². The van der Waals surface area contributed by atoms with Crippen molar-refractivity contribution in [2.75, 3.05) is 12.4 Å². The van der Waals surface area contributed by atoms with E-state index >= 15 is 0 Å². The topological polar surface area (TPSA) is 80.1 Å². The van der Waals surface area contributed by atoms with Crippen LogP contribution in [0.3, 0.4) is 0 Å². The fraction of sp³-hybridized carbons (Fsp3) is 0.182. The van der Waals surface area contributed by atoms with Crippen LogP contribution in [0.25, 0.3) is 17.2 Å². The number of hydrogen-bond donors (Lipinski definition) is 1. The predicted molar refractivity (Wildman–Crippen MR) is 113 cm³/mol. The Morgan fingerprint density at radius 2 is 1.93 bits per heavy atom. The summed E-state index contributed by atoms with van der Waals surface area (Å²) in [5.41, 5.74) is 4.43. The van der Waals surface area contributed by atoms with E-state index in [0.717, 1.165) is 22.3 Å². The summed E-state index contributed by atoms with van der Waals surface area (Å²) in [5, 5.41) is 7.03. The fourth-order valence-electron chi connectivity index (χ4n) is 2.79. The molecule has 2 heterocycles. The smallest absolute Gasteiger partial charge is 0.248 e. The van der Waals surface area contributed by atoms with E-state index < -0.39 is 0 Å². The molecule has 0 saturated carbocycles. The van der Waals surface area contributed by atoms with Gasteiger partial charge >= 0.3 is 0 Å². The van der Waals surface area contributed by atoms with Gasteiger partial charge in [-0.2, -0.15) is 5.10 Å². The van der Waals surface area contributed by atoms with Gasteiger partial charge in [0.25, 0.3) is 0 Å². The number of pyridine rings is 1. The molecule has 0 fully saturated rings. The van der Waals surface area contributed by atoms with E-state index in [-0.39, 0.29) is 11.8 Å². The summed E-state index contributed by atoms with van der Waals surface area (Å²) < 4.78 is 1.73. The maximum Gasteiger partial charge on any atom is 0.248 e. The number of hydrogen-bond acceptors (Lipinski definition) is 4. The van der Waals surface area contributed by atoms with Gasteiger partial charge in [0.05, 0.1) is 6.20 Å². The molecule has 0 saturated heterocycles. The zero-order valence-electron chi connectivity index (χ0n) is 16.7. The number of carbonyl (C=O) groups is 2. The third kappa shape index (κ3) is 5.38. The lowest BCUT2D eigenvalue weighted by atomic mass is 10.0. The first-order valence-corrected chi connectivity index (χ1v) is 9.15. The third-order valence-corrected chi connectivity index (χ3v) is 4.46. The quantitative estimate of drug-likeness (QED) is 0.657. The number of carbonyl (C=O) groups excluding carboxylic acids is 2. The zero-order valence-corrected chi connectivity index (χ0v) is 16.7. The molecule has 0 unspecified atom stereocenters. The highest BCUT2D eigenvalue weighted by atomic mass is 16.2. The molecular formula is C22H23N5O2. The molecule has 0 spiro atoms. The Kier molecular flexibility index (Phi) is 6.19. The van der Waals surface area contributed by atoms with Gasteiger partial charge in [0.2, 0.25) is 11.8 Å². The molecule has 3 rings (SSSR count). The van der Waals surface area contributed by atoms with Crippen LogP contribution >= 0.6 is 0 Å². The second-order valence-electron chi connectivity index (χ2n) is 6.76. The minimum absolute atomic E-state index is 0.00794. The number of aryl methyl sites for hydroxylation is 1. The van der Waals surface area contributed by atoms with Gasteiger partial charge < -0.3 is 10.2 Å². The summed E-state index contributed by atoms with van der Waals surface area (Å²) in [6, 6.07) is 9.31. The summed E-state index contributed by atoms with van der Waals surface area (Å²) >= 11 is 0. The van der Waals surface area contributed by atoms with Gasteiger partial charge in [0, 0.05) is 69.0 Å². The van der Waals surface area contributed by atoms with Crippen molar-refractivity contribution in [1.29, 1.82) is 0 Å². The van der Waals surface area contributed by atoms with Crippen LogP contribution in [0.2, 0.25) is 0 Å². The summed E-state index contributed by atoms with van der Waals surface area (Å²) in [4.78, 5) is 29.4. The SMILES string of the molecule is CC(=O)N(C)Cc1ccc(NC(=O)/C=C/c2cnccc2-c2cnn(C)c2)cc1. The second kappa shape index (κ2) is 8.97. The van der Waals surface area contributed by atoms with Crippen molar-refractivity contribution < 1.29 is 9.59 Å². The van der Waals surface area contributed by atoms with Crippen molar-refractivity contribution in [2.24, 2.45) is 7.05 Å². The Morgan fingerprint density at radius 3 is 2.59 bits per heavy atom. The molecule has 0 aliphatic heterocycles. The van der Waals surface area contributed by atoms with Gasteiger partial charge in [-0.3, -0.25) is 19.3 Å². The molecule has 2 amide bonds. The zero-order chi connectivity index (χ0) is 20.8. The van der Waals surface area contributed by atoms with Crippen LogP contribution in [0.4, 0.5) is 5.69 Å². The van der Waals surface area contributed by atoms with Gasteiger partial charge in [-0.05, 0) is 35.4 Å². The largest absolute Gasteiger partial charge is 0.342 e. The molecule has 0 atom stereocenters. The summed E-state index contributed by atoms with van der Waals surface area (Å²) in [5.74, 6) is -0.229. The Labute approximate surface area is 169 Å². The first-order valence-electron chi connectivity index (χ1n) is 9.15. The number of amides is 2. The van der Waals surface area contributed by atoms with E-state index in [1.807, 2.05) is 43.6 Å². The molecule has 3 aromatic rings. The standard InChI is InChI=1S/C22H23N5O2/c1-16(28)26(2)14-17-4-7-20(8-5-17)25-22(29)9-6-18-12-23-11-10-21(18)19-13-24-27(3)15-19/h4-13,15H,14H2,1-3H3,(H,25,29)/b9-6+. The minimum Gasteiger partial charge on any atom is -0.342 e. The highest BCUT2D eigenvalue weighted by Crippen LogP contribution is 2.23. The van der Waals surface area contributed by atoms with Crippen molar-refractivity contribution in [3.63, 3.8) is 0 Å². The van der Waals surface area contributed by atoms with E-state index in [1.165, 1.54) is 13.0 Å². The second-order valence-corrected chi connectivity index (χ2v) is 6.76. The minimum atomic E-state index is -0.236. The fourth-order valence-corrected chi connectivity index (χ4v) is 2.79. The van der Waals surface area contributed by atoms with Gasteiger partial charge in [-0.25, -0.2) is 0 Å². The summed E-state index contributed by atoms with van der Waals surface area (Å²) in [7, 11) is 3.61. The maximum absolute atomic E-state index is 12.3. The van der Waals surface area contributed by atoms with Crippen LogP contribution in [0.5, 0.6) is 0 Å². The van der Waals surface area contributed by atoms with Crippen LogP contribution in [0.1, 0.15) is 18.1 Å². The summed E-state index contributed by atoms with van der Waals surface area (Å²) in [6.07, 6.45) is 10.3. The van der Waals surface area contributed by atoms with Gasteiger partial charge in [0.1, 0.15) is 0 Å². The number of nitrogens with one attached hydrogen (secondary N) is 1. The average Bonchev–Trinajstić information content (AvgIpc) is 3.14. The number of nitrogens with zero attached hydrogens (tertiary/aromatic N) is 4. The van der Waals surface area contributed by atoms with Crippen LogP contribution < -0.4 is 5.32 Å². The highest BCUT2D eigenvalue weighted by molar-refractivity contribution is 6.02. The van der Waals surface area contributed by atoms with Crippen molar-refractivity contribution in [3.8, 4) is 11.1 Å². The molecule has 2 aromatic heterocycles. The number of rotatable bonds is 6. The Balaban J connectivity index is 1.66. The molecule has 0 radical (unpaired) electrons. The van der Waals surface area contributed by atoms with E-state index in [1.54, 1.807) is 41.3 Å². The molecule has 0 bridgehead atoms. The average molecular weight is 389 g/mol. The molecule has 1 N–H and O–H groups in total. The van der Waals surface area contributed by atoms with E-state index in [2.05, 4.69) is 15.4 Å². The number of benzene rings is 1. The van der Waals surface area contributed by atoms with Crippen LogP contribution in [0.15, 0.2) is 61.2 Å². The van der Waals surface area contributed by atoms with Gasteiger partial charge in [0.15, 0.2) is 0 Å². The van der Waals surface area contributed by atoms with E-state index in [4.69, 9.17) is 0 Å². The lowest BCUT2D eigenvalue weighted by molar-refractivity contribution is -0.128. The highest BCUT2D eigenvalue weighted by Gasteiger charge is 2.06. The normalized spacial score (nSPS) is 10.9. The first-order chi connectivity index (χ1) is 13.9. The molecule has 1 aromatic carbocycles. The molecule has 0 aliphatic rings. The van der Waals surface area contributed by atoms with Crippen LogP contribution in [-0.2, 0) is 23.2 Å². The summed E-state index contributed by atoms with van der Waals surface area (Å²) in [6.45, 7) is 2.06.